The van der Waals surface area contributed by atoms with Crippen molar-refractivity contribution in [2.75, 3.05) is 17.2 Å². The summed E-state index contributed by atoms with van der Waals surface area (Å²) >= 11 is 1.32. The predicted molar refractivity (Wildman–Crippen MR) is 106 cm³/mol. The first-order valence-electron chi connectivity index (χ1n) is 8.47. The third-order valence-electron chi connectivity index (χ3n) is 3.78. The molecule has 0 aliphatic carbocycles. The lowest BCUT2D eigenvalue weighted by Gasteiger charge is -2.11. The van der Waals surface area contributed by atoms with Crippen LogP contribution in [0.25, 0.3) is 0 Å². The summed E-state index contributed by atoms with van der Waals surface area (Å²) in [6.07, 6.45) is 2.50. The van der Waals surface area contributed by atoms with Crippen LogP contribution in [0.15, 0.2) is 60.1 Å². The van der Waals surface area contributed by atoms with Crippen molar-refractivity contribution in [2.24, 2.45) is 0 Å². The Bertz CT molecular complexity index is 926. The molecule has 27 heavy (non-hydrogen) atoms. The number of aromatic nitrogens is 1. The highest BCUT2D eigenvalue weighted by Crippen LogP contribution is 2.19. The highest BCUT2D eigenvalue weighted by atomic mass is 32.1. The number of carbonyl (C=O) groups excluding carboxylic acids is 2. The van der Waals surface area contributed by atoms with E-state index in [4.69, 9.17) is 4.74 Å². The Kier molecular flexibility index (Phi) is 6.17. The minimum Gasteiger partial charge on any atom is -0.484 e. The van der Waals surface area contributed by atoms with Crippen LogP contribution in [-0.2, 0) is 11.2 Å². The van der Waals surface area contributed by atoms with Crippen LogP contribution in [0.4, 0.5) is 10.8 Å². The summed E-state index contributed by atoms with van der Waals surface area (Å²) in [4.78, 5) is 28.7. The molecule has 0 spiro atoms. The lowest BCUT2D eigenvalue weighted by Crippen LogP contribution is -2.22. The zero-order valence-corrected chi connectivity index (χ0v) is 15.6. The van der Waals surface area contributed by atoms with Crippen LogP contribution >= 0.6 is 11.3 Å². The highest BCUT2D eigenvalue weighted by Gasteiger charge is 2.14. The fraction of sp³-hybridized carbons (Fsp3) is 0.150. The molecule has 2 amide bonds. The van der Waals surface area contributed by atoms with E-state index in [9.17, 15) is 9.59 Å². The van der Waals surface area contributed by atoms with Crippen molar-refractivity contribution >= 4 is 34.0 Å². The van der Waals surface area contributed by atoms with Crippen LogP contribution in [0.5, 0.6) is 5.75 Å². The molecular weight excluding hydrogens is 362 g/mol. The van der Waals surface area contributed by atoms with E-state index in [1.54, 1.807) is 35.8 Å². The number of para-hydroxylation sites is 1. The topological polar surface area (TPSA) is 80.3 Å². The summed E-state index contributed by atoms with van der Waals surface area (Å²) in [6, 6.07) is 14.4. The Morgan fingerprint density at radius 1 is 1.11 bits per heavy atom. The van der Waals surface area contributed by atoms with Crippen molar-refractivity contribution in [2.45, 2.75) is 13.3 Å². The van der Waals surface area contributed by atoms with E-state index in [0.717, 1.165) is 12.0 Å². The van der Waals surface area contributed by atoms with Crippen LogP contribution < -0.4 is 15.4 Å². The molecule has 7 heteroatoms. The second-order valence-corrected chi connectivity index (χ2v) is 6.57. The third kappa shape index (κ3) is 5.15. The molecule has 0 aliphatic heterocycles. The molecule has 0 bridgehead atoms. The number of carbonyl (C=O) groups is 2. The quantitative estimate of drug-likeness (QED) is 0.649. The van der Waals surface area contributed by atoms with Gasteiger partial charge < -0.3 is 10.1 Å². The van der Waals surface area contributed by atoms with E-state index in [0.29, 0.717) is 22.1 Å². The number of rotatable bonds is 7. The van der Waals surface area contributed by atoms with Crippen molar-refractivity contribution in [3.05, 3.63) is 71.2 Å². The van der Waals surface area contributed by atoms with Crippen molar-refractivity contribution < 1.29 is 14.3 Å². The van der Waals surface area contributed by atoms with Gasteiger partial charge in [-0.2, -0.15) is 0 Å². The molecule has 1 heterocycles. The summed E-state index contributed by atoms with van der Waals surface area (Å²) in [5, 5.41) is 7.71. The lowest BCUT2D eigenvalue weighted by molar-refractivity contribution is -0.118. The first-order chi connectivity index (χ1) is 13.2. The third-order valence-corrected chi connectivity index (χ3v) is 4.46. The standard InChI is InChI=1S/C20H19N3O3S/c1-2-14-6-5-7-15(12-14)26-13-18(24)22-17-9-4-3-8-16(17)19(25)23-20-21-10-11-27-20/h3-12H,2,13H2,1H3,(H,22,24)(H,21,23,25). The molecule has 0 radical (unpaired) electrons. The van der Waals surface area contributed by atoms with Gasteiger partial charge in [-0.1, -0.05) is 31.2 Å². The number of thiazole rings is 1. The second-order valence-electron chi connectivity index (χ2n) is 5.67. The van der Waals surface area contributed by atoms with Gasteiger partial charge >= 0.3 is 0 Å². The molecule has 0 atom stereocenters. The predicted octanol–water partition coefficient (Wildman–Crippen LogP) is 3.98. The number of ether oxygens (including phenoxy) is 1. The molecule has 0 fully saturated rings. The maximum Gasteiger partial charge on any atom is 0.262 e. The molecule has 0 saturated carbocycles. The molecule has 3 rings (SSSR count). The van der Waals surface area contributed by atoms with Gasteiger partial charge in [0.05, 0.1) is 11.3 Å². The van der Waals surface area contributed by atoms with E-state index in [-0.39, 0.29) is 18.4 Å². The van der Waals surface area contributed by atoms with Gasteiger partial charge in [0.15, 0.2) is 11.7 Å². The van der Waals surface area contributed by atoms with Crippen molar-refractivity contribution in [1.82, 2.24) is 4.98 Å². The van der Waals surface area contributed by atoms with Crippen LogP contribution in [0.2, 0.25) is 0 Å². The van der Waals surface area contributed by atoms with E-state index < -0.39 is 0 Å². The first-order valence-corrected chi connectivity index (χ1v) is 9.35. The van der Waals surface area contributed by atoms with Gasteiger partial charge in [-0.3, -0.25) is 14.9 Å². The molecule has 138 valence electrons. The molecule has 3 aromatic rings. The number of hydrogen-bond acceptors (Lipinski definition) is 5. The van der Waals surface area contributed by atoms with E-state index in [1.807, 2.05) is 24.3 Å². The maximum atomic E-state index is 12.4. The summed E-state index contributed by atoms with van der Waals surface area (Å²) < 4.78 is 5.55. The van der Waals surface area contributed by atoms with E-state index in [1.165, 1.54) is 11.3 Å². The SMILES string of the molecule is CCc1cccc(OCC(=O)Nc2ccccc2C(=O)Nc2nccs2)c1. The number of amides is 2. The van der Waals surface area contributed by atoms with E-state index in [2.05, 4.69) is 22.5 Å². The molecule has 0 saturated heterocycles. The molecule has 0 aliphatic rings. The minimum absolute atomic E-state index is 0.143. The van der Waals surface area contributed by atoms with Gasteiger partial charge in [-0.25, -0.2) is 4.98 Å². The zero-order valence-electron chi connectivity index (χ0n) is 14.8. The number of nitrogens with zero attached hydrogens (tertiary/aromatic N) is 1. The Morgan fingerprint density at radius 3 is 2.74 bits per heavy atom. The van der Waals surface area contributed by atoms with Crippen LogP contribution in [-0.4, -0.2) is 23.4 Å². The van der Waals surface area contributed by atoms with Gasteiger partial charge in [0, 0.05) is 11.6 Å². The number of hydrogen-bond donors (Lipinski definition) is 2. The van der Waals surface area contributed by atoms with Crippen molar-refractivity contribution in [1.29, 1.82) is 0 Å². The summed E-state index contributed by atoms with van der Waals surface area (Å²) in [7, 11) is 0. The van der Waals surface area contributed by atoms with Gasteiger partial charge in [-0.15, -0.1) is 11.3 Å². The zero-order chi connectivity index (χ0) is 19.1. The monoisotopic (exact) mass is 381 g/mol. The summed E-state index contributed by atoms with van der Waals surface area (Å²) in [5.74, 6) is -0.0388. The fourth-order valence-corrected chi connectivity index (χ4v) is 2.95. The molecule has 0 unspecified atom stereocenters. The van der Waals surface area contributed by atoms with Crippen LogP contribution in [0, 0.1) is 0 Å². The van der Waals surface area contributed by atoms with Gasteiger partial charge in [-0.05, 0) is 36.2 Å². The first kappa shape index (κ1) is 18.6. The molecule has 2 aromatic carbocycles. The Balaban J connectivity index is 1.63. The average Bonchev–Trinajstić information content (AvgIpc) is 3.20. The maximum absolute atomic E-state index is 12.4. The number of anilines is 2. The normalized spacial score (nSPS) is 10.3. The minimum atomic E-state index is -0.341. The van der Waals surface area contributed by atoms with Crippen molar-refractivity contribution in [3.63, 3.8) is 0 Å². The second kappa shape index (κ2) is 8.95. The van der Waals surface area contributed by atoms with Crippen LogP contribution in [0.1, 0.15) is 22.8 Å². The number of benzene rings is 2. The molecule has 2 N–H and O–H groups in total. The van der Waals surface area contributed by atoms with Crippen molar-refractivity contribution in [3.8, 4) is 5.75 Å². The largest absolute Gasteiger partial charge is 0.484 e. The highest BCUT2D eigenvalue weighted by molar-refractivity contribution is 7.13. The average molecular weight is 381 g/mol. The van der Waals surface area contributed by atoms with Gasteiger partial charge in [0.25, 0.3) is 11.8 Å². The van der Waals surface area contributed by atoms with Gasteiger partial charge in [0.2, 0.25) is 0 Å². The molecular formula is C20H19N3O3S. The summed E-state index contributed by atoms with van der Waals surface area (Å²) in [6.45, 7) is 1.91. The number of nitrogens with one attached hydrogen (secondary N) is 2. The van der Waals surface area contributed by atoms with Gasteiger partial charge in [0.1, 0.15) is 5.75 Å². The summed E-state index contributed by atoms with van der Waals surface area (Å²) in [5.41, 5.74) is 1.91. The molecule has 6 nitrogen and oxygen atoms in total. The fourth-order valence-electron chi connectivity index (χ4n) is 2.43. The number of aryl methyl sites for hydroxylation is 1. The Morgan fingerprint density at radius 2 is 1.96 bits per heavy atom. The Hall–Kier alpha value is -3.19. The smallest absolute Gasteiger partial charge is 0.262 e. The Labute approximate surface area is 161 Å². The molecule has 1 aromatic heterocycles. The van der Waals surface area contributed by atoms with E-state index >= 15 is 0 Å². The van der Waals surface area contributed by atoms with Crippen LogP contribution in [0.3, 0.4) is 0 Å². The lowest BCUT2D eigenvalue weighted by atomic mass is 10.1.